The van der Waals surface area contributed by atoms with Crippen LogP contribution in [-0.2, 0) is 10.8 Å². The molecular weight excluding hydrogens is 240 g/mol. The molecule has 0 amide bonds. The molecule has 0 fully saturated rings. The van der Waals surface area contributed by atoms with Crippen molar-refractivity contribution in [3.63, 3.8) is 0 Å². The number of carbonyl (C=O) groups is 1. The smallest absolute Gasteiger partial charge is 0.356 e. The van der Waals surface area contributed by atoms with Gasteiger partial charge in [-0.1, -0.05) is 0 Å². The van der Waals surface area contributed by atoms with Gasteiger partial charge in [-0.15, -0.1) is 0 Å². The first-order chi connectivity index (χ1) is 8.00. The van der Waals surface area contributed by atoms with Crippen molar-refractivity contribution in [3.8, 4) is 0 Å². The number of aromatic carboxylic acids is 1. The third-order valence-corrected chi connectivity index (χ3v) is 3.06. The van der Waals surface area contributed by atoms with Gasteiger partial charge in [0, 0.05) is 35.0 Å². The van der Waals surface area contributed by atoms with E-state index >= 15 is 0 Å². The number of hydrogen-bond donors (Lipinski definition) is 2. The highest BCUT2D eigenvalue weighted by atomic mass is 32.2. The van der Waals surface area contributed by atoms with Gasteiger partial charge in [-0.05, 0) is 25.5 Å². The van der Waals surface area contributed by atoms with Gasteiger partial charge in [0.15, 0.2) is 5.69 Å². The van der Waals surface area contributed by atoms with E-state index < -0.39 is 16.8 Å². The molecule has 0 spiro atoms. The van der Waals surface area contributed by atoms with Gasteiger partial charge >= 0.3 is 5.97 Å². The van der Waals surface area contributed by atoms with Crippen LogP contribution in [0.25, 0.3) is 0 Å². The van der Waals surface area contributed by atoms with E-state index in [1.807, 2.05) is 6.92 Å². The highest BCUT2D eigenvalue weighted by molar-refractivity contribution is 7.84. The Morgan fingerprint density at radius 2 is 2.35 bits per heavy atom. The summed E-state index contributed by atoms with van der Waals surface area (Å²) in [6.07, 6.45) is 3.82. The number of carboxylic acid groups (broad SMARTS) is 1. The molecule has 1 aromatic heterocycles. The van der Waals surface area contributed by atoms with E-state index in [2.05, 4.69) is 10.3 Å². The molecule has 0 aliphatic rings. The molecule has 0 saturated carbocycles. The molecule has 6 heteroatoms. The van der Waals surface area contributed by atoms with Crippen LogP contribution in [0, 0.1) is 0 Å². The molecular formula is C11H16N2O3S. The highest BCUT2D eigenvalue weighted by Crippen LogP contribution is 2.14. The number of nitrogens with one attached hydrogen (secondary N) is 1. The Morgan fingerprint density at radius 3 is 2.94 bits per heavy atom. The Kier molecular flexibility index (Phi) is 5.09. The summed E-state index contributed by atoms with van der Waals surface area (Å²) in [7, 11) is -0.830. The van der Waals surface area contributed by atoms with Crippen LogP contribution in [0.3, 0.4) is 0 Å². The Bertz CT molecular complexity index is 423. The molecule has 94 valence electrons. The molecule has 2 unspecified atom stereocenters. The fourth-order valence-corrected chi connectivity index (χ4v) is 2.06. The number of hydrogen-bond acceptors (Lipinski definition) is 4. The first-order valence-electron chi connectivity index (χ1n) is 5.25. The normalized spacial score (nSPS) is 14.0. The molecule has 0 aliphatic carbocycles. The third kappa shape index (κ3) is 4.52. The number of pyridine rings is 1. The summed E-state index contributed by atoms with van der Waals surface area (Å²) >= 11 is 0. The van der Waals surface area contributed by atoms with Crippen molar-refractivity contribution < 1.29 is 14.1 Å². The summed E-state index contributed by atoms with van der Waals surface area (Å²) in [5.41, 5.74) is 0.506. The number of aromatic nitrogens is 1. The van der Waals surface area contributed by atoms with Crippen LogP contribution >= 0.6 is 0 Å². The molecule has 2 atom stereocenters. The van der Waals surface area contributed by atoms with Crippen molar-refractivity contribution in [1.29, 1.82) is 0 Å². The van der Waals surface area contributed by atoms with Crippen molar-refractivity contribution in [2.24, 2.45) is 0 Å². The Labute approximate surface area is 103 Å². The molecule has 1 heterocycles. The van der Waals surface area contributed by atoms with Crippen molar-refractivity contribution in [2.75, 3.05) is 17.3 Å². The van der Waals surface area contributed by atoms with Gasteiger partial charge in [0.2, 0.25) is 0 Å². The standard InChI is InChI=1S/C11H16N2O3S/c1-8(5-7-17(2)16)13-9-4-3-6-12-10(9)11(14)15/h3-4,6,8,13H,5,7H2,1-2H3,(H,14,15). The molecule has 5 nitrogen and oxygen atoms in total. The average Bonchev–Trinajstić information content (AvgIpc) is 2.27. The highest BCUT2D eigenvalue weighted by Gasteiger charge is 2.12. The van der Waals surface area contributed by atoms with E-state index in [1.165, 1.54) is 6.20 Å². The second-order valence-corrected chi connectivity index (χ2v) is 5.37. The Morgan fingerprint density at radius 1 is 1.65 bits per heavy atom. The Hall–Kier alpha value is -1.43. The van der Waals surface area contributed by atoms with Crippen LogP contribution in [0.4, 0.5) is 5.69 Å². The molecule has 0 saturated heterocycles. The predicted molar refractivity (Wildman–Crippen MR) is 67.8 cm³/mol. The zero-order valence-electron chi connectivity index (χ0n) is 9.84. The predicted octanol–water partition coefficient (Wildman–Crippen LogP) is 1.35. The number of nitrogens with zero attached hydrogens (tertiary/aromatic N) is 1. The third-order valence-electron chi connectivity index (χ3n) is 2.25. The molecule has 0 radical (unpaired) electrons. The van der Waals surface area contributed by atoms with Crippen LogP contribution in [0.5, 0.6) is 0 Å². The fourth-order valence-electron chi connectivity index (χ4n) is 1.37. The van der Waals surface area contributed by atoms with E-state index in [4.69, 9.17) is 5.11 Å². The van der Waals surface area contributed by atoms with Crippen LogP contribution in [0.2, 0.25) is 0 Å². The summed E-state index contributed by atoms with van der Waals surface area (Å²) in [5.74, 6) is -0.462. The lowest BCUT2D eigenvalue weighted by Crippen LogP contribution is -2.20. The van der Waals surface area contributed by atoms with Crippen LogP contribution < -0.4 is 5.32 Å². The van der Waals surface area contributed by atoms with Gasteiger partial charge < -0.3 is 10.4 Å². The maximum absolute atomic E-state index is 11.0. The maximum atomic E-state index is 11.0. The quantitative estimate of drug-likeness (QED) is 0.803. The second-order valence-electron chi connectivity index (χ2n) is 3.82. The van der Waals surface area contributed by atoms with Crippen molar-refractivity contribution in [2.45, 2.75) is 19.4 Å². The van der Waals surface area contributed by atoms with Crippen molar-refractivity contribution >= 4 is 22.5 Å². The molecule has 17 heavy (non-hydrogen) atoms. The molecule has 1 aromatic rings. The van der Waals surface area contributed by atoms with E-state index in [-0.39, 0.29) is 11.7 Å². The molecule has 0 bridgehead atoms. The Balaban J connectivity index is 2.67. The van der Waals surface area contributed by atoms with E-state index in [9.17, 15) is 9.00 Å². The van der Waals surface area contributed by atoms with Gasteiger partial charge in [-0.3, -0.25) is 4.21 Å². The summed E-state index contributed by atoms with van der Waals surface area (Å²) < 4.78 is 11.0. The summed E-state index contributed by atoms with van der Waals surface area (Å²) in [5, 5.41) is 12.0. The van der Waals surface area contributed by atoms with Gasteiger partial charge in [0.05, 0.1) is 5.69 Å². The van der Waals surface area contributed by atoms with E-state index in [1.54, 1.807) is 18.4 Å². The first-order valence-corrected chi connectivity index (χ1v) is 6.98. The number of carboxylic acids is 1. The molecule has 0 aromatic carbocycles. The van der Waals surface area contributed by atoms with Gasteiger partial charge in [0.1, 0.15) is 0 Å². The lowest BCUT2D eigenvalue weighted by atomic mass is 10.2. The summed E-state index contributed by atoms with van der Waals surface area (Å²) in [6, 6.07) is 3.41. The van der Waals surface area contributed by atoms with Crippen molar-refractivity contribution in [1.82, 2.24) is 4.98 Å². The zero-order chi connectivity index (χ0) is 12.8. The van der Waals surface area contributed by atoms with Gasteiger partial charge in [0.25, 0.3) is 0 Å². The number of anilines is 1. The SMILES string of the molecule is CC(CCS(C)=O)Nc1cccnc1C(=O)O. The molecule has 1 rings (SSSR count). The minimum Gasteiger partial charge on any atom is -0.476 e. The molecule has 2 N–H and O–H groups in total. The summed E-state index contributed by atoms with van der Waals surface area (Å²) in [6.45, 7) is 1.92. The van der Waals surface area contributed by atoms with Crippen LogP contribution in [0.15, 0.2) is 18.3 Å². The summed E-state index contributed by atoms with van der Waals surface area (Å²) in [4.78, 5) is 14.7. The topological polar surface area (TPSA) is 79.3 Å². The maximum Gasteiger partial charge on any atom is 0.356 e. The second kappa shape index (κ2) is 6.34. The van der Waals surface area contributed by atoms with Crippen LogP contribution in [-0.4, -0.2) is 38.3 Å². The lowest BCUT2D eigenvalue weighted by Gasteiger charge is -2.15. The largest absolute Gasteiger partial charge is 0.476 e. The van der Waals surface area contributed by atoms with Gasteiger partial charge in [-0.2, -0.15) is 0 Å². The monoisotopic (exact) mass is 256 g/mol. The first kappa shape index (κ1) is 13.6. The number of rotatable bonds is 6. The average molecular weight is 256 g/mol. The lowest BCUT2D eigenvalue weighted by molar-refractivity contribution is 0.0691. The van der Waals surface area contributed by atoms with Gasteiger partial charge in [-0.25, -0.2) is 9.78 Å². The van der Waals surface area contributed by atoms with E-state index in [0.717, 1.165) is 6.42 Å². The fraction of sp³-hybridized carbons (Fsp3) is 0.455. The zero-order valence-corrected chi connectivity index (χ0v) is 10.7. The van der Waals surface area contributed by atoms with Crippen LogP contribution in [0.1, 0.15) is 23.8 Å². The molecule has 0 aliphatic heterocycles. The van der Waals surface area contributed by atoms with E-state index in [0.29, 0.717) is 11.4 Å². The minimum absolute atomic E-state index is 0.0111. The van der Waals surface area contributed by atoms with Crippen molar-refractivity contribution in [3.05, 3.63) is 24.0 Å². The minimum atomic E-state index is -1.06.